The Balaban J connectivity index is 2.11. The summed E-state index contributed by atoms with van der Waals surface area (Å²) in [6.45, 7) is 7.65. The van der Waals surface area contributed by atoms with E-state index in [1.54, 1.807) is 5.38 Å². The fraction of sp³-hybridized carbons (Fsp3) is 0.474. The number of hydrogen-bond donors (Lipinski definition) is 2. The highest BCUT2D eigenvalue weighted by atomic mass is 32.1. The summed E-state index contributed by atoms with van der Waals surface area (Å²) in [6.07, 6.45) is 1.84. The summed E-state index contributed by atoms with van der Waals surface area (Å²) in [5.74, 6) is 1.23. The molecule has 1 aromatic heterocycles. The van der Waals surface area contributed by atoms with Crippen LogP contribution in [0.15, 0.2) is 23.6 Å². The lowest BCUT2D eigenvalue weighted by molar-refractivity contribution is 0.0935. The van der Waals surface area contributed by atoms with Crippen molar-refractivity contribution < 1.29 is 14.3 Å². The van der Waals surface area contributed by atoms with Crippen molar-refractivity contribution in [2.24, 2.45) is 5.73 Å². The van der Waals surface area contributed by atoms with E-state index in [-0.39, 0.29) is 11.9 Å². The molecule has 2 aromatic rings. The summed E-state index contributed by atoms with van der Waals surface area (Å²) in [5, 5.41) is 5.43. The van der Waals surface area contributed by atoms with E-state index < -0.39 is 0 Å². The van der Waals surface area contributed by atoms with Crippen molar-refractivity contribution in [1.82, 2.24) is 10.3 Å². The van der Waals surface area contributed by atoms with Gasteiger partial charge in [0.05, 0.1) is 19.3 Å². The van der Waals surface area contributed by atoms with Gasteiger partial charge >= 0.3 is 0 Å². The van der Waals surface area contributed by atoms with Crippen molar-refractivity contribution in [3.8, 4) is 11.5 Å². The van der Waals surface area contributed by atoms with Crippen LogP contribution in [-0.4, -0.2) is 24.1 Å². The van der Waals surface area contributed by atoms with E-state index in [4.69, 9.17) is 15.2 Å². The number of amides is 1. The number of rotatable bonds is 10. The molecule has 1 atom stereocenters. The maximum Gasteiger partial charge on any atom is 0.271 e. The Morgan fingerprint density at radius 3 is 2.54 bits per heavy atom. The molecule has 0 saturated carbocycles. The zero-order chi connectivity index (χ0) is 18.9. The van der Waals surface area contributed by atoms with Crippen LogP contribution in [0.3, 0.4) is 0 Å². The SMILES string of the molecule is CCCOc1ccc(C(C)NC(=O)c2csc(CN)n2)cc1OCCC. The van der Waals surface area contributed by atoms with Gasteiger partial charge < -0.3 is 20.5 Å². The molecule has 0 spiro atoms. The van der Waals surface area contributed by atoms with E-state index >= 15 is 0 Å². The zero-order valence-corrected chi connectivity index (χ0v) is 16.4. The smallest absolute Gasteiger partial charge is 0.271 e. The lowest BCUT2D eigenvalue weighted by atomic mass is 10.1. The summed E-state index contributed by atoms with van der Waals surface area (Å²) < 4.78 is 11.6. The number of ether oxygens (including phenoxy) is 2. The molecule has 6 nitrogen and oxygen atoms in total. The number of carbonyl (C=O) groups excluding carboxylic acids is 1. The maximum absolute atomic E-state index is 12.4. The third-order valence-electron chi connectivity index (χ3n) is 3.70. The number of nitrogens with one attached hydrogen (secondary N) is 1. The van der Waals surface area contributed by atoms with Crippen molar-refractivity contribution in [2.45, 2.75) is 46.2 Å². The third kappa shape index (κ3) is 5.44. The molecule has 0 radical (unpaired) electrons. The monoisotopic (exact) mass is 377 g/mol. The lowest BCUT2D eigenvalue weighted by Gasteiger charge is -2.17. The second kappa shape index (κ2) is 10.1. The van der Waals surface area contributed by atoms with Gasteiger partial charge in [0.15, 0.2) is 11.5 Å². The standard InChI is InChI=1S/C19H27N3O3S/c1-4-8-24-16-7-6-14(10-17(16)25-9-5-2)13(3)21-19(23)15-12-26-18(11-20)22-15/h6-7,10,12-13H,4-5,8-9,11,20H2,1-3H3,(H,21,23). The van der Waals surface area contributed by atoms with E-state index in [0.717, 1.165) is 29.2 Å². The molecular weight excluding hydrogens is 350 g/mol. The van der Waals surface area contributed by atoms with Crippen molar-refractivity contribution in [2.75, 3.05) is 13.2 Å². The number of thiazole rings is 1. The van der Waals surface area contributed by atoms with Gasteiger partial charge in [0, 0.05) is 11.9 Å². The molecule has 0 bridgehead atoms. The first-order chi connectivity index (χ1) is 12.6. The van der Waals surface area contributed by atoms with E-state index in [1.165, 1.54) is 11.3 Å². The molecule has 1 amide bonds. The molecular formula is C19H27N3O3S. The first-order valence-corrected chi connectivity index (χ1v) is 9.81. The predicted molar refractivity (Wildman–Crippen MR) is 104 cm³/mol. The quantitative estimate of drug-likeness (QED) is 0.660. The first kappa shape index (κ1) is 20.2. The Bertz CT molecular complexity index is 718. The summed E-state index contributed by atoms with van der Waals surface area (Å²) in [7, 11) is 0. The maximum atomic E-state index is 12.4. The normalized spacial score (nSPS) is 11.8. The number of hydrogen-bond acceptors (Lipinski definition) is 6. The highest BCUT2D eigenvalue weighted by molar-refractivity contribution is 7.09. The lowest BCUT2D eigenvalue weighted by Crippen LogP contribution is -2.27. The Kier molecular flexibility index (Phi) is 7.87. The Morgan fingerprint density at radius 1 is 1.23 bits per heavy atom. The van der Waals surface area contributed by atoms with Gasteiger partial charge in [-0.2, -0.15) is 0 Å². The van der Waals surface area contributed by atoms with Crippen molar-refractivity contribution in [1.29, 1.82) is 0 Å². The van der Waals surface area contributed by atoms with Crippen LogP contribution in [0.25, 0.3) is 0 Å². The molecule has 0 saturated heterocycles. The van der Waals surface area contributed by atoms with Gasteiger partial charge in [-0.3, -0.25) is 4.79 Å². The molecule has 1 unspecified atom stereocenters. The van der Waals surface area contributed by atoms with Gasteiger partial charge in [-0.05, 0) is 37.5 Å². The molecule has 2 rings (SSSR count). The summed E-state index contributed by atoms with van der Waals surface area (Å²) >= 11 is 1.39. The molecule has 3 N–H and O–H groups in total. The minimum absolute atomic E-state index is 0.185. The van der Waals surface area contributed by atoms with Crippen LogP contribution in [0, 0.1) is 0 Å². The summed E-state index contributed by atoms with van der Waals surface area (Å²) in [6, 6.07) is 5.59. The fourth-order valence-electron chi connectivity index (χ4n) is 2.31. The van der Waals surface area contributed by atoms with Crippen LogP contribution in [-0.2, 0) is 6.54 Å². The Hall–Kier alpha value is -2.12. The molecule has 142 valence electrons. The van der Waals surface area contributed by atoms with Crippen LogP contribution >= 0.6 is 11.3 Å². The molecule has 7 heteroatoms. The minimum Gasteiger partial charge on any atom is -0.490 e. The molecule has 1 aromatic carbocycles. The average Bonchev–Trinajstić information content (AvgIpc) is 3.14. The second-order valence-corrected chi connectivity index (χ2v) is 6.87. The van der Waals surface area contributed by atoms with Gasteiger partial charge in [0.2, 0.25) is 0 Å². The second-order valence-electron chi connectivity index (χ2n) is 5.93. The van der Waals surface area contributed by atoms with Crippen molar-refractivity contribution in [3.63, 3.8) is 0 Å². The predicted octanol–water partition coefficient (Wildman–Crippen LogP) is 3.67. The first-order valence-electron chi connectivity index (χ1n) is 8.93. The number of nitrogens with two attached hydrogens (primary N) is 1. The van der Waals surface area contributed by atoms with E-state index in [9.17, 15) is 4.79 Å². The number of nitrogens with zero attached hydrogens (tertiary/aromatic N) is 1. The Morgan fingerprint density at radius 2 is 1.92 bits per heavy atom. The van der Waals surface area contributed by atoms with Gasteiger partial charge in [0.25, 0.3) is 5.91 Å². The molecule has 0 fully saturated rings. The van der Waals surface area contributed by atoms with Crippen LogP contribution in [0.4, 0.5) is 0 Å². The average molecular weight is 378 g/mol. The third-order valence-corrected chi connectivity index (χ3v) is 4.57. The molecule has 0 aliphatic heterocycles. The summed E-state index contributed by atoms with van der Waals surface area (Å²) in [5.41, 5.74) is 6.89. The largest absolute Gasteiger partial charge is 0.490 e. The van der Waals surface area contributed by atoms with Gasteiger partial charge in [-0.15, -0.1) is 11.3 Å². The Labute approximate surface area is 158 Å². The highest BCUT2D eigenvalue weighted by Crippen LogP contribution is 2.31. The van der Waals surface area contributed by atoms with E-state index in [1.807, 2.05) is 25.1 Å². The summed E-state index contributed by atoms with van der Waals surface area (Å²) in [4.78, 5) is 16.6. The minimum atomic E-state index is -0.212. The molecule has 0 aliphatic carbocycles. The van der Waals surface area contributed by atoms with E-state index in [0.29, 0.717) is 31.2 Å². The van der Waals surface area contributed by atoms with Crippen LogP contribution in [0.2, 0.25) is 0 Å². The molecule has 26 heavy (non-hydrogen) atoms. The van der Waals surface area contributed by atoms with Crippen LogP contribution in [0.1, 0.15) is 60.7 Å². The van der Waals surface area contributed by atoms with Gasteiger partial charge in [-0.1, -0.05) is 19.9 Å². The zero-order valence-electron chi connectivity index (χ0n) is 15.6. The number of aromatic nitrogens is 1. The molecule has 1 heterocycles. The van der Waals surface area contributed by atoms with Crippen LogP contribution < -0.4 is 20.5 Å². The van der Waals surface area contributed by atoms with Gasteiger partial charge in [0.1, 0.15) is 10.7 Å². The van der Waals surface area contributed by atoms with Crippen molar-refractivity contribution >= 4 is 17.2 Å². The van der Waals surface area contributed by atoms with Gasteiger partial charge in [-0.25, -0.2) is 4.98 Å². The molecule has 0 aliphatic rings. The van der Waals surface area contributed by atoms with E-state index in [2.05, 4.69) is 24.1 Å². The number of benzene rings is 1. The topological polar surface area (TPSA) is 86.5 Å². The number of carbonyl (C=O) groups is 1. The van der Waals surface area contributed by atoms with Crippen LogP contribution in [0.5, 0.6) is 11.5 Å². The fourth-order valence-corrected chi connectivity index (χ4v) is 2.97. The van der Waals surface area contributed by atoms with Crippen molar-refractivity contribution in [3.05, 3.63) is 39.8 Å². The highest BCUT2D eigenvalue weighted by Gasteiger charge is 2.16.